The molecule has 6 heteroatoms. The first-order valence-electron chi connectivity index (χ1n) is 5.05. The Balaban J connectivity index is 2.68. The fourth-order valence-corrected chi connectivity index (χ4v) is 2.17. The lowest BCUT2D eigenvalue weighted by Crippen LogP contribution is -2.49. The Morgan fingerprint density at radius 1 is 1.53 bits per heavy atom. The SMILES string of the molecule is CC(C(=O)N1CCCC(N)C1)S(C)(=O)=O. The minimum absolute atomic E-state index is 0.0190. The number of amides is 1. The van der Waals surface area contributed by atoms with Crippen LogP contribution in [0.25, 0.3) is 0 Å². The van der Waals surface area contributed by atoms with E-state index in [0.717, 1.165) is 19.1 Å². The van der Waals surface area contributed by atoms with Gasteiger partial charge in [-0.3, -0.25) is 4.79 Å². The third kappa shape index (κ3) is 3.17. The molecule has 0 aromatic carbocycles. The number of carbonyl (C=O) groups excluding carboxylic acids is 1. The first-order chi connectivity index (χ1) is 6.82. The van der Waals surface area contributed by atoms with Gasteiger partial charge < -0.3 is 10.6 Å². The van der Waals surface area contributed by atoms with Gasteiger partial charge in [-0.15, -0.1) is 0 Å². The van der Waals surface area contributed by atoms with Crippen molar-refractivity contribution in [1.29, 1.82) is 0 Å². The van der Waals surface area contributed by atoms with Crippen molar-refractivity contribution in [1.82, 2.24) is 4.90 Å². The van der Waals surface area contributed by atoms with E-state index in [4.69, 9.17) is 5.73 Å². The molecule has 0 radical (unpaired) electrons. The molecule has 0 spiro atoms. The molecule has 1 rings (SSSR count). The Kier molecular flexibility index (Phi) is 3.72. The summed E-state index contributed by atoms with van der Waals surface area (Å²) >= 11 is 0. The number of likely N-dealkylation sites (tertiary alicyclic amines) is 1. The van der Waals surface area contributed by atoms with Gasteiger partial charge in [-0.25, -0.2) is 8.42 Å². The van der Waals surface area contributed by atoms with Crippen molar-refractivity contribution in [2.45, 2.75) is 31.1 Å². The van der Waals surface area contributed by atoms with Crippen LogP contribution in [-0.2, 0) is 14.6 Å². The Morgan fingerprint density at radius 3 is 2.60 bits per heavy atom. The highest BCUT2D eigenvalue weighted by Gasteiger charge is 2.30. The monoisotopic (exact) mass is 234 g/mol. The van der Waals surface area contributed by atoms with E-state index >= 15 is 0 Å². The van der Waals surface area contributed by atoms with E-state index in [1.165, 1.54) is 6.92 Å². The van der Waals surface area contributed by atoms with Gasteiger partial charge in [-0.1, -0.05) is 0 Å². The van der Waals surface area contributed by atoms with Crippen LogP contribution in [0.2, 0.25) is 0 Å². The second-order valence-electron chi connectivity index (χ2n) is 4.16. The summed E-state index contributed by atoms with van der Waals surface area (Å²) in [6, 6.07) is -0.0190. The molecule has 0 bridgehead atoms. The fourth-order valence-electron chi connectivity index (χ4n) is 1.65. The second kappa shape index (κ2) is 4.49. The summed E-state index contributed by atoms with van der Waals surface area (Å²) in [5.41, 5.74) is 5.73. The predicted molar refractivity (Wildman–Crippen MR) is 58.1 cm³/mol. The Labute approximate surface area is 90.5 Å². The summed E-state index contributed by atoms with van der Waals surface area (Å²) in [5, 5.41) is -0.956. The van der Waals surface area contributed by atoms with Gasteiger partial charge in [0.15, 0.2) is 9.84 Å². The standard InChI is InChI=1S/C9H18N2O3S/c1-7(15(2,13)14)9(12)11-5-3-4-8(10)6-11/h7-8H,3-6,10H2,1-2H3. The molecule has 1 fully saturated rings. The minimum atomic E-state index is -3.30. The molecule has 2 N–H and O–H groups in total. The average molecular weight is 234 g/mol. The Bertz CT molecular complexity index is 339. The van der Waals surface area contributed by atoms with Crippen LogP contribution in [0, 0.1) is 0 Å². The van der Waals surface area contributed by atoms with Crippen molar-refractivity contribution < 1.29 is 13.2 Å². The van der Waals surface area contributed by atoms with Gasteiger partial charge in [0.2, 0.25) is 5.91 Å². The van der Waals surface area contributed by atoms with Crippen molar-refractivity contribution in [3.05, 3.63) is 0 Å². The second-order valence-corrected chi connectivity index (χ2v) is 6.52. The van der Waals surface area contributed by atoms with Gasteiger partial charge in [-0.05, 0) is 19.8 Å². The summed E-state index contributed by atoms with van der Waals surface area (Å²) in [5.74, 6) is -0.326. The summed E-state index contributed by atoms with van der Waals surface area (Å²) < 4.78 is 22.4. The van der Waals surface area contributed by atoms with Crippen LogP contribution in [0.3, 0.4) is 0 Å². The third-order valence-electron chi connectivity index (χ3n) is 2.76. The van der Waals surface area contributed by atoms with Crippen LogP contribution in [0.5, 0.6) is 0 Å². The van der Waals surface area contributed by atoms with Gasteiger partial charge in [0.1, 0.15) is 5.25 Å². The van der Waals surface area contributed by atoms with Gasteiger partial charge >= 0.3 is 0 Å². The molecule has 1 heterocycles. The summed E-state index contributed by atoms with van der Waals surface area (Å²) in [6.45, 7) is 2.52. The molecule has 2 unspecified atom stereocenters. The third-order valence-corrected chi connectivity index (χ3v) is 4.25. The molecular weight excluding hydrogens is 216 g/mol. The number of sulfone groups is 1. The normalized spacial score (nSPS) is 25.0. The molecule has 1 aliphatic rings. The number of rotatable bonds is 2. The van der Waals surface area contributed by atoms with E-state index in [2.05, 4.69) is 0 Å². The Hall–Kier alpha value is -0.620. The quantitative estimate of drug-likeness (QED) is 0.690. The van der Waals surface area contributed by atoms with E-state index in [0.29, 0.717) is 13.1 Å². The maximum absolute atomic E-state index is 11.8. The van der Waals surface area contributed by atoms with E-state index < -0.39 is 15.1 Å². The van der Waals surface area contributed by atoms with Gasteiger partial charge in [0.05, 0.1) is 0 Å². The van der Waals surface area contributed by atoms with Crippen molar-refractivity contribution in [3.8, 4) is 0 Å². The van der Waals surface area contributed by atoms with E-state index in [1.807, 2.05) is 0 Å². The van der Waals surface area contributed by atoms with Crippen molar-refractivity contribution in [3.63, 3.8) is 0 Å². The van der Waals surface area contributed by atoms with E-state index in [9.17, 15) is 13.2 Å². The first kappa shape index (κ1) is 12.4. The first-order valence-corrected chi connectivity index (χ1v) is 7.01. The van der Waals surface area contributed by atoms with Crippen molar-refractivity contribution in [2.24, 2.45) is 5.73 Å². The van der Waals surface area contributed by atoms with Crippen LogP contribution in [0.1, 0.15) is 19.8 Å². The zero-order valence-corrected chi connectivity index (χ0v) is 9.96. The van der Waals surface area contributed by atoms with Gasteiger partial charge in [0.25, 0.3) is 0 Å². The van der Waals surface area contributed by atoms with Crippen LogP contribution in [0.4, 0.5) is 0 Å². The fraction of sp³-hybridized carbons (Fsp3) is 0.889. The van der Waals surface area contributed by atoms with Crippen LogP contribution in [0.15, 0.2) is 0 Å². The number of piperidine rings is 1. The molecule has 2 atom stereocenters. The van der Waals surface area contributed by atoms with Gasteiger partial charge in [-0.2, -0.15) is 0 Å². The predicted octanol–water partition coefficient (Wildman–Crippen LogP) is -0.631. The highest BCUT2D eigenvalue weighted by atomic mass is 32.2. The highest BCUT2D eigenvalue weighted by Crippen LogP contribution is 2.12. The molecule has 1 saturated heterocycles. The van der Waals surface area contributed by atoms with Gasteiger partial charge in [0, 0.05) is 25.4 Å². The molecule has 0 aromatic heterocycles. The molecule has 0 aromatic rings. The average Bonchev–Trinajstić information content (AvgIpc) is 2.14. The number of nitrogens with zero attached hydrogens (tertiary/aromatic N) is 1. The number of hydrogen-bond donors (Lipinski definition) is 1. The topological polar surface area (TPSA) is 80.5 Å². The molecule has 88 valence electrons. The lowest BCUT2D eigenvalue weighted by Gasteiger charge is -2.32. The van der Waals surface area contributed by atoms with Crippen molar-refractivity contribution in [2.75, 3.05) is 19.3 Å². The van der Waals surface area contributed by atoms with Crippen LogP contribution >= 0.6 is 0 Å². The van der Waals surface area contributed by atoms with Crippen molar-refractivity contribution >= 4 is 15.7 Å². The molecule has 0 aliphatic carbocycles. The largest absolute Gasteiger partial charge is 0.340 e. The lowest BCUT2D eigenvalue weighted by molar-refractivity contribution is -0.131. The number of nitrogens with two attached hydrogens (primary N) is 1. The highest BCUT2D eigenvalue weighted by molar-refractivity contribution is 7.92. The summed E-state index contributed by atoms with van der Waals surface area (Å²) in [6.07, 6.45) is 2.83. The minimum Gasteiger partial charge on any atom is -0.340 e. The summed E-state index contributed by atoms with van der Waals surface area (Å²) in [4.78, 5) is 13.3. The van der Waals surface area contributed by atoms with E-state index in [-0.39, 0.29) is 11.9 Å². The molecule has 1 aliphatic heterocycles. The number of carbonyl (C=O) groups is 1. The smallest absolute Gasteiger partial charge is 0.240 e. The molecular formula is C9H18N2O3S. The lowest BCUT2D eigenvalue weighted by atomic mass is 10.1. The molecule has 5 nitrogen and oxygen atoms in total. The van der Waals surface area contributed by atoms with Crippen LogP contribution < -0.4 is 5.73 Å². The zero-order chi connectivity index (χ0) is 11.6. The molecule has 15 heavy (non-hydrogen) atoms. The molecule has 0 saturated carbocycles. The number of hydrogen-bond acceptors (Lipinski definition) is 4. The zero-order valence-electron chi connectivity index (χ0n) is 9.14. The summed E-state index contributed by atoms with van der Waals surface area (Å²) in [7, 11) is -3.30. The Morgan fingerprint density at radius 2 is 2.13 bits per heavy atom. The maximum Gasteiger partial charge on any atom is 0.240 e. The van der Waals surface area contributed by atoms with Crippen LogP contribution in [-0.4, -0.2) is 49.9 Å². The maximum atomic E-state index is 11.8. The molecule has 1 amide bonds. The van der Waals surface area contributed by atoms with E-state index in [1.54, 1.807) is 4.90 Å².